The van der Waals surface area contributed by atoms with Crippen molar-refractivity contribution in [2.75, 3.05) is 0 Å². The fraction of sp³-hybridized carbons (Fsp3) is 0.0417. The summed E-state index contributed by atoms with van der Waals surface area (Å²) in [4.78, 5) is 10.2. The summed E-state index contributed by atoms with van der Waals surface area (Å²) >= 11 is 0. The molecule has 0 bridgehead atoms. The summed E-state index contributed by atoms with van der Waals surface area (Å²) in [5.74, 6) is 0.721. The molecule has 1 aliphatic carbocycles. The molecule has 0 atom stereocenters. The first-order valence-corrected chi connectivity index (χ1v) is 17.2. The van der Waals surface area contributed by atoms with Gasteiger partial charge in [-0.15, -0.1) is 0 Å². The number of nitrogens with zero attached hydrogens (tertiary/aromatic N) is 2. The molecule has 1 aliphatic rings. The molecular weight excluding hydrogens is 605 g/mol. The Morgan fingerprint density at radius 3 is 1.78 bits per heavy atom. The highest BCUT2D eigenvalue weighted by Crippen LogP contribution is 2.57. The van der Waals surface area contributed by atoms with Gasteiger partial charge >= 0.3 is 0 Å². The Morgan fingerprint density at radius 2 is 1.08 bits per heavy atom. The van der Waals surface area contributed by atoms with Crippen molar-refractivity contribution in [3.8, 4) is 67.0 Å². The zero-order valence-corrected chi connectivity index (χ0v) is 28.1. The van der Waals surface area contributed by atoms with Crippen molar-refractivity contribution in [1.29, 1.82) is 0 Å². The van der Waals surface area contributed by atoms with E-state index in [-0.39, 0.29) is 0 Å². The largest absolute Gasteiger partial charge is 0.228 e. The van der Waals surface area contributed by atoms with Gasteiger partial charge in [-0.3, -0.25) is 0 Å². The molecule has 0 spiro atoms. The van der Waals surface area contributed by atoms with Crippen molar-refractivity contribution in [3.05, 3.63) is 176 Å². The minimum Gasteiger partial charge on any atom is -0.228 e. The van der Waals surface area contributed by atoms with E-state index in [1.54, 1.807) is 0 Å². The molecule has 50 heavy (non-hydrogen) atoms. The number of fused-ring (bicyclic) bond motifs is 4. The van der Waals surface area contributed by atoms with Crippen LogP contribution in [0, 0.1) is 0 Å². The van der Waals surface area contributed by atoms with Crippen LogP contribution in [0.3, 0.4) is 0 Å². The molecule has 0 N–H and O–H groups in total. The summed E-state index contributed by atoms with van der Waals surface area (Å²) < 4.78 is 0. The van der Waals surface area contributed by atoms with E-state index in [1.807, 2.05) is 13.0 Å². The van der Waals surface area contributed by atoms with Crippen molar-refractivity contribution < 1.29 is 0 Å². The molecule has 8 aromatic rings. The summed E-state index contributed by atoms with van der Waals surface area (Å²) in [6.45, 7) is 4.10. The quantitative estimate of drug-likeness (QED) is 0.169. The second-order valence-corrected chi connectivity index (χ2v) is 12.8. The third kappa shape index (κ3) is 4.80. The lowest BCUT2D eigenvalue weighted by Crippen LogP contribution is -1.98. The maximum atomic E-state index is 5.14. The first-order chi connectivity index (χ1) is 24.7. The van der Waals surface area contributed by atoms with Crippen molar-refractivity contribution in [3.63, 3.8) is 0 Å². The van der Waals surface area contributed by atoms with Crippen LogP contribution in [-0.2, 0) is 0 Å². The number of para-hydroxylation sites is 1. The molecule has 2 heteroatoms. The van der Waals surface area contributed by atoms with Gasteiger partial charge in [-0.2, -0.15) is 0 Å². The monoisotopic (exact) mass is 638 g/mol. The van der Waals surface area contributed by atoms with E-state index >= 15 is 0 Å². The average molecular weight is 639 g/mol. The molecule has 1 heterocycles. The van der Waals surface area contributed by atoms with E-state index in [1.165, 1.54) is 60.8 Å². The molecule has 236 valence electrons. The highest BCUT2D eigenvalue weighted by molar-refractivity contribution is 6.22. The van der Waals surface area contributed by atoms with Gasteiger partial charge in [-0.1, -0.05) is 158 Å². The van der Waals surface area contributed by atoms with Crippen molar-refractivity contribution >= 4 is 27.2 Å². The van der Waals surface area contributed by atoms with Gasteiger partial charge in [0.05, 0.1) is 11.2 Å². The fourth-order valence-corrected chi connectivity index (χ4v) is 7.68. The van der Waals surface area contributed by atoms with E-state index in [4.69, 9.17) is 9.97 Å². The average Bonchev–Trinajstić information content (AvgIpc) is 3.52. The number of aromatic nitrogens is 2. The van der Waals surface area contributed by atoms with Crippen LogP contribution in [0.2, 0.25) is 0 Å². The second kappa shape index (κ2) is 12.3. The fourth-order valence-electron chi connectivity index (χ4n) is 7.68. The minimum atomic E-state index is 0.721. The predicted molar refractivity (Wildman–Crippen MR) is 212 cm³/mol. The summed E-state index contributed by atoms with van der Waals surface area (Å²) in [6, 6.07) is 54.6. The lowest BCUT2D eigenvalue weighted by atomic mass is 9.82. The molecule has 2 nitrogen and oxygen atoms in total. The standard InChI is InChI=1S/C48H34N2/c1-3-15-31(4-2)47-37-22-11-12-25-42(37)49-48(50-47)36-28-26-33(27-29-36)40-30-41(32-16-7-5-8-17-32)45-38-23-13-20-34-21-14-24-39(43(34)38)46(45)44(40)35-18-9-6-10-19-35/h3-30H,1-2H3/b15-3-,31-4+. The maximum absolute atomic E-state index is 5.14. The normalized spacial score (nSPS) is 12.2. The molecule has 0 radical (unpaired) electrons. The Morgan fingerprint density at radius 1 is 0.480 bits per heavy atom. The van der Waals surface area contributed by atoms with Crippen LogP contribution in [0.5, 0.6) is 0 Å². The Balaban J connectivity index is 1.29. The van der Waals surface area contributed by atoms with E-state index in [9.17, 15) is 0 Å². The summed E-state index contributed by atoms with van der Waals surface area (Å²) in [5.41, 5.74) is 16.4. The maximum Gasteiger partial charge on any atom is 0.160 e. The lowest BCUT2D eigenvalue weighted by Gasteiger charge is -2.21. The molecule has 9 rings (SSSR count). The van der Waals surface area contributed by atoms with Crippen LogP contribution in [0.1, 0.15) is 19.5 Å². The number of hydrogen-bond acceptors (Lipinski definition) is 2. The van der Waals surface area contributed by atoms with Crippen molar-refractivity contribution in [2.24, 2.45) is 0 Å². The SMILES string of the molecule is C/C=C\C(=C/C)c1nc(-c2ccc(-c3cc(-c4ccccc4)c4c(c3-c3ccccc3)-c3cccc5cccc-4c35)cc2)nc2ccccc12. The van der Waals surface area contributed by atoms with E-state index < -0.39 is 0 Å². The van der Waals surface area contributed by atoms with E-state index in [2.05, 4.69) is 171 Å². The first kappa shape index (κ1) is 29.7. The molecule has 0 saturated heterocycles. The Hall–Kier alpha value is -6.38. The zero-order chi connectivity index (χ0) is 33.6. The Kier molecular flexibility index (Phi) is 7.29. The number of allylic oxidation sites excluding steroid dienone is 4. The summed E-state index contributed by atoms with van der Waals surface area (Å²) in [7, 11) is 0. The third-order valence-corrected chi connectivity index (χ3v) is 9.91. The van der Waals surface area contributed by atoms with Crippen LogP contribution in [0.4, 0.5) is 0 Å². The van der Waals surface area contributed by atoms with Gasteiger partial charge in [0.15, 0.2) is 5.82 Å². The molecular formula is C48H34N2. The minimum absolute atomic E-state index is 0.721. The Bertz CT molecular complexity index is 2620. The van der Waals surface area contributed by atoms with Gasteiger partial charge in [0.1, 0.15) is 0 Å². The lowest BCUT2D eigenvalue weighted by molar-refractivity contribution is 1.20. The summed E-state index contributed by atoms with van der Waals surface area (Å²) in [6.07, 6.45) is 6.29. The van der Waals surface area contributed by atoms with Crippen LogP contribution in [0.25, 0.3) is 94.3 Å². The molecule has 0 unspecified atom stereocenters. The van der Waals surface area contributed by atoms with Gasteiger partial charge in [0.25, 0.3) is 0 Å². The second-order valence-electron chi connectivity index (χ2n) is 12.8. The van der Waals surface area contributed by atoms with Gasteiger partial charge in [-0.25, -0.2) is 9.97 Å². The van der Waals surface area contributed by atoms with Gasteiger partial charge < -0.3 is 0 Å². The number of benzene rings is 7. The van der Waals surface area contributed by atoms with Crippen LogP contribution in [-0.4, -0.2) is 9.97 Å². The molecule has 0 saturated carbocycles. The van der Waals surface area contributed by atoms with Crippen molar-refractivity contribution in [2.45, 2.75) is 13.8 Å². The van der Waals surface area contributed by atoms with Gasteiger partial charge in [0, 0.05) is 10.9 Å². The molecule has 0 fully saturated rings. The smallest absolute Gasteiger partial charge is 0.160 e. The van der Waals surface area contributed by atoms with E-state index in [0.717, 1.165) is 39.1 Å². The third-order valence-electron chi connectivity index (χ3n) is 9.91. The highest BCUT2D eigenvalue weighted by Gasteiger charge is 2.30. The highest BCUT2D eigenvalue weighted by atomic mass is 14.9. The number of hydrogen-bond donors (Lipinski definition) is 0. The van der Waals surface area contributed by atoms with Crippen molar-refractivity contribution in [1.82, 2.24) is 9.97 Å². The topological polar surface area (TPSA) is 25.8 Å². The summed E-state index contributed by atoms with van der Waals surface area (Å²) in [5, 5.41) is 3.65. The number of rotatable bonds is 6. The first-order valence-electron chi connectivity index (χ1n) is 17.2. The Labute approximate surface area is 292 Å². The van der Waals surface area contributed by atoms with Crippen LogP contribution < -0.4 is 0 Å². The van der Waals surface area contributed by atoms with Crippen LogP contribution in [0.15, 0.2) is 170 Å². The van der Waals surface area contributed by atoms with E-state index in [0.29, 0.717) is 0 Å². The van der Waals surface area contributed by atoms with Crippen LogP contribution >= 0.6 is 0 Å². The molecule has 0 aliphatic heterocycles. The zero-order valence-electron chi connectivity index (χ0n) is 28.1. The predicted octanol–water partition coefficient (Wildman–Crippen LogP) is 13.1. The molecule has 0 amide bonds. The molecule has 1 aromatic heterocycles. The van der Waals surface area contributed by atoms with Gasteiger partial charge in [0.2, 0.25) is 0 Å². The van der Waals surface area contributed by atoms with Gasteiger partial charge in [-0.05, 0) is 98.0 Å². The molecule has 7 aromatic carbocycles.